The standard InChI is InChI=1S/C28H30BrF2N3O4S/c29-19-8-6-18(7-9-19)28(30,31)26(27(35)34-14-13-20(32)16-34)25-23-11-10-22(38-21-3-1-2-4-21)15-17(23)5-12-24(25)39(33,36)37/h5-12,15,20-21,26H,1-4,13-14,16,32H2,(H2,33,36,37)/t20-,26-/m1/s1. The van der Waals surface area contributed by atoms with Crippen LogP contribution in [-0.2, 0) is 20.7 Å². The number of likely N-dealkylation sites (tertiary alicyclic amines) is 1. The number of carbonyl (C=O) groups is 1. The quantitative estimate of drug-likeness (QED) is 0.385. The van der Waals surface area contributed by atoms with Gasteiger partial charge in [0, 0.05) is 29.2 Å². The van der Waals surface area contributed by atoms with Crippen LogP contribution in [0.4, 0.5) is 8.78 Å². The third kappa shape index (κ3) is 5.68. The molecule has 3 aromatic carbocycles. The maximum Gasteiger partial charge on any atom is 0.288 e. The Labute approximate surface area is 234 Å². The SMILES string of the molecule is N[C@@H]1CCN(C(=O)[C@@H](c2c(S(N)(=O)=O)ccc3cc(OC4CCCC4)ccc23)C(F)(F)c2ccc(Br)cc2)C1. The van der Waals surface area contributed by atoms with Gasteiger partial charge in [-0.15, -0.1) is 0 Å². The number of benzene rings is 3. The van der Waals surface area contributed by atoms with Crippen LogP contribution < -0.4 is 15.6 Å². The third-order valence-corrected chi connectivity index (χ3v) is 9.07. The zero-order valence-electron chi connectivity index (χ0n) is 21.2. The van der Waals surface area contributed by atoms with Crippen molar-refractivity contribution in [2.45, 2.75) is 61.0 Å². The Balaban J connectivity index is 1.72. The normalized spacial score (nSPS) is 19.5. The smallest absolute Gasteiger partial charge is 0.288 e. The second-order valence-electron chi connectivity index (χ2n) is 10.3. The number of rotatable bonds is 7. The molecule has 1 saturated carbocycles. The summed E-state index contributed by atoms with van der Waals surface area (Å²) >= 11 is 3.25. The van der Waals surface area contributed by atoms with Gasteiger partial charge in [-0.05, 0) is 78.8 Å². The van der Waals surface area contributed by atoms with Gasteiger partial charge in [0.2, 0.25) is 15.9 Å². The van der Waals surface area contributed by atoms with Crippen molar-refractivity contribution in [1.82, 2.24) is 4.90 Å². The van der Waals surface area contributed by atoms with Gasteiger partial charge in [0.1, 0.15) is 11.7 Å². The van der Waals surface area contributed by atoms with Crippen LogP contribution in [0.1, 0.15) is 49.1 Å². The fraction of sp³-hybridized carbons (Fsp3) is 0.393. The van der Waals surface area contributed by atoms with E-state index in [1.165, 1.54) is 47.4 Å². The van der Waals surface area contributed by atoms with E-state index in [0.29, 0.717) is 22.0 Å². The lowest BCUT2D eigenvalue weighted by Crippen LogP contribution is -2.42. The van der Waals surface area contributed by atoms with E-state index in [9.17, 15) is 13.2 Å². The summed E-state index contributed by atoms with van der Waals surface area (Å²) in [6.45, 7) is 0.294. The summed E-state index contributed by atoms with van der Waals surface area (Å²) in [5.74, 6) is -6.30. The van der Waals surface area contributed by atoms with Gasteiger partial charge < -0.3 is 15.4 Å². The van der Waals surface area contributed by atoms with Crippen molar-refractivity contribution in [3.05, 3.63) is 70.2 Å². The molecule has 2 atom stereocenters. The molecule has 1 amide bonds. The number of amides is 1. The fourth-order valence-corrected chi connectivity index (χ4v) is 6.65. The van der Waals surface area contributed by atoms with Gasteiger partial charge >= 0.3 is 0 Å². The molecule has 2 fully saturated rings. The average Bonchev–Trinajstić information content (AvgIpc) is 3.55. The van der Waals surface area contributed by atoms with Crippen LogP contribution in [-0.4, -0.2) is 44.5 Å². The molecule has 7 nitrogen and oxygen atoms in total. The van der Waals surface area contributed by atoms with Crippen LogP contribution in [0.25, 0.3) is 10.8 Å². The van der Waals surface area contributed by atoms with Crippen molar-refractivity contribution in [2.24, 2.45) is 10.9 Å². The van der Waals surface area contributed by atoms with Crippen LogP contribution in [0.3, 0.4) is 0 Å². The molecule has 3 aromatic rings. The summed E-state index contributed by atoms with van der Waals surface area (Å²) in [7, 11) is -4.48. The molecular formula is C28H30BrF2N3O4S. The summed E-state index contributed by atoms with van der Waals surface area (Å²) in [6, 6.07) is 12.5. The van der Waals surface area contributed by atoms with Crippen LogP contribution in [0.5, 0.6) is 5.75 Å². The number of halogens is 3. The highest BCUT2D eigenvalue weighted by atomic mass is 79.9. The zero-order valence-corrected chi connectivity index (χ0v) is 23.6. The van der Waals surface area contributed by atoms with Gasteiger partial charge in [-0.2, -0.15) is 0 Å². The minimum atomic E-state index is -4.48. The fourth-order valence-electron chi connectivity index (χ4n) is 5.60. The molecule has 4 N–H and O–H groups in total. The number of nitrogens with zero attached hydrogens (tertiary/aromatic N) is 1. The molecule has 11 heteroatoms. The van der Waals surface area contributed by atoms with Crippen molar-refractivity contribution < 1.29 is 26.7 Å². The molecule has 2 aliphatic rings. The molecule has 1 saturated heterocycles. The Kier molecular flexibility index (Phi) is 7.71. The first-order valence-electron chi connectivity index (χ1n) is 12.9. The van der Waals surface area contributed by atoms with Crippen molar-refractivity contribution >= 4 is 42.6 Å². The number of alkyl halides is 2. The first-order valence-corrected chi connectivity index (χ1v) is 15.2. The van der Waals surface area contributed by atoms with E-state index in [1.807, 2.05) is 0 Å². The van der Waals surface area contributed by atoms with Crippen molar-refractivity contribution in [3.8, 4) is 5.75 Å². The van der Waals surface area contributed by atoms with E-state index >= 15 is 8.78 Å². The molecule has 208 valence electrons. The number of carbonyl (C=O) groups excluding carboxylic acids is 1. The van der Waals surface area contributed by atoms with E-state index < -0.39 is 38.2 Å². The van der Waals surface area contributed by atoms with E-state index in [4.69, 9.17) is 15.6 Å². The maximum absolute atomic E-state index is 16.5. The van der Waals surface area contributed by atoms with Crippen molar-refractivity contribution in [1.29, 1.82) is 0 Å². The zero-order chi connectivity index (χ0) is 27.9. The van der Waals surface area contributed by atoms with Gasteiger partial charge in [-0.1, -0.05) is 40.2 Å². The van der Waals surface area contributed by atoms with E-state index in [1.54, 1.807) is 12.1 Å². The summed E-state index contributed by atoms with van der Waals surface area (Å²) in [5, 5.41) is 6.22. The molecule has 5 rings (SSSR count). The summed E-state index contributed by atoms with van der Waals surface area (Å²) in [5.41, 5.74) is 5.24. The lowest BCUT2D eigenvalue weighted by atomic mass is 9.84. The molecule has 0 radical (unpaired) electrons. The highest BCUT2D eigenvalue weighted by Gasteiger charge is 2.51. The third-order valence-electron chi connectivity index (χ3n) is 7.57. The predicted octanol–water partition coefficient (Wildman–Crippen LogP) is 5.01. The number of fused-ring (bicyclic) bond motifs is 1. The monoisotopic (exact) mass is 621 g/mol. The molecular weight excluding hydrogens is 592 g/mol. The Morgan fingerprint density at radius 3 is 2.36 bits per heavy atom. The number of nitrogens with two attached hydrogens (primary N) is 2. The van der Waals surface area contributed by atoms with Crippen LogP contribution >= 0.6 is 15.9 Å². The van der Waals surface area contributed by atoms with Gasteiger partial charge in [-0.3, -0.25) is 4.79 Å². The summed E-state index contributed by atoms with van der Waals surface area (Å²) in [4.78, 5) is 14.7. The molecule has 0 spiro atoms. The van der Waals surface area contributed by atoms with E-state index in [0.717, 1.165) is 25.7 Å². The maximum atomic E-state index is 16.5. The van der Waals surface area contributed by atoms with Crippen LogP contribution in [0.2, 0.25) is 0 Å². The largest absolute Gasteiger partial charge is 0.490 e. The summed E-state index contributed by atoms with van der Waals surface area (Å²) in [6.07, 6.45) is 4.55. The summed E-state index contributed by atoms with van der Waals surface area (Å²) < 4.78 is 65.2. The molecule has 0 aromatic heterocycles. The van der Waals surface area contributed by atoms with E-state index in [-0.39, 0.29) is 36.2 Å². The molecule has 1 aliphatic heterocycles. The number of primary sulfonamides is 1. The predicted molar refractivity (Wildman–Crippen MR) is 148 cm³/mol. The first kappa shape index (κ1) is 27.9. The molecule has 39 heavy (non-hydrogen) atoms. The second-order valence-corrected chi connectivity index (χ2v) is 12.8. The average molecular weight is 623 g/mol. The van der Waals surface area contributed by atoms with E-state index in [2.05, 4.69) is 15.9 Å². The highest BCUT2D eigenvalue weighted by Crippen LogP contribution is 2.48. The van der Waals surface area contributed by atoms with Gasteiger partial charge in [0.15, 0.2) is 0 Å². The lowest BCUT2D eigenvalue weighted by molar-refractivity contribution is -0.143. The Hall–Kier alpha value is -2.60. The minimum absolute atomic E-state index is 0.0704. The van der Waals surface area contributed by atoms with Gasteiger partial charge in [-0.25, -0.2) is 22.3 Å². The van der Waals surface area contributed by atoms with Crippen molar-refractivity contribution in [2.75, 3.05) is 13.1 Å². The first-order chi connectivity index (χ1) is 18.4. The number of ether oxygens (including phenoxy) is 1. The number of hydrogen-bond donors (Lipinski definition) is 2. The van der Waals surface area contributed by atoms with Crippen molar-refractivity contribution in [3.63, 3.8) is 0 Å². The minimum Gasteiger partial charge on any atom is -0.490 e. The topological polar surface area (TPSA) is 116 Å². The lowest BCUT2D eigenvalue weighted by Gasteiger charge is -2.32. The van der Waals surface area contributed by atoms with Crippen LogP contribution in [0.15, 0.2) is 64.0 Å². The Morgan fingerprint density at radius 1 is 1.05 bits per heavy atom. The highest BCUT2D eigenvalue weighted by molar-refractivity contribution is 9.10. The molecule has 0 unspecified atom stereocenters. The Bertz CT molecular complexity index is 1490. The van der Waals surface area contributed by atoms with Gasteiger partial charge in [0.25, 0.3) is 5.92 Å². The molecule has 0 bridgehead atoms. The number of hydrogen-bond acceptors (Lipinski definition) is 5. The van der Waals surface area contributed by atoms with Crippen LogP contribution in [0, 0.1) is 0 Å². The molecule has 1 heterocycles. The van der Waals surface area contributed by atoms with Gasteiger partial charge in [0.05, 0.1) is 11.0 Å². The molecule has 1 aliphatic carbocycles. The Morgan fingerprint density at radius 2 is 1.74 bits per heavy atom. The number of sulfonamides is 1. The second kappa shape index (κ2) is 10.8.